The molecule has 1 aliphatic heterocycles. The maximum absolute atomic E-state index is 11.7. The largest absolute Gasteiger partial charge is 0.444 e. The summed E-state index contributed by atoms with van der Waals surface area (Å²) in [5.74, 6) is 0. The van der Waals surface area contributed by atoms with Gasteiger partial charge >= 0.3 is 6.09 Å². The predicted molar refractivity (Wildman–Crippen MR) is 83.9 cm³/mol. The molecule has 2 atom stereocenters. The third-order valence-corrected chi connectivity index (χ3v) is 4.38. The van der Waals surface area contributed by atoms with E-state index in [9.17, 15) is 4.79 Å². The first-order valence-electron chi connectivity index (χ1n) is 8.28. The van der Waals surface area contributed by atoms with Gasteiger partial charge in [0.2, 0.25) is 0 Å². The van der Waals surface area contributed by atoms with Crippen molar-refractivity contribution in [1.82, 2.24) is 15.8 Å². The van der Waals surface area contributed by atoms with Crippen molar-refractivity contribution in [3.63, 3.8) is 0 Å². The van der Waals surface area contributed by atoms with E-state index in [0.29, 0.717) is 18.1 Å². The van der Waals surface area contributed by atoms with Crippen LogP contribution < -0.4 is 10.7 Å². The molecule has 2 unspecified atom stereocenters. The lowest BCUT2D eigenvalue weighted by Crippen LogP contribution is -2.61. The Hall–Kier alpha value is -0.810. The highest BCUT2D eigenvalue weighted by Gasteiger charge is 2.35. The fourth-order valence-corrected chi connectivity index (χ4v) is 3.20. The van der Waals surface area contributed by atoms with Crippen molar-refractivity contribution in [2.45, 2.75) is 96.5 Å². The Morgan fingerprint density at radius 3 is 2.19 bits per heavy atom. The molecule has 2 aliphatic rings. The SMILES string of the molecule is CC1CCCC(C)N1NC1CC(NC(=O)OC(C)(C)C)C1. The van der Waals surface area contributed by atoms with Crippen molar-refractivity contribution >= 4 is 6.09 Å². The van der Waals surface area contributed by atoms with Gasteiger partial charge in [-0.05, 0) is 60.3 Å². The third kappa shape index (κ3) is 4.85. The van der Waals surface area contributed by atoms with Gasteiger partial charge in [-0.3, -0.25) is 5.43 Å². The van der Waals surface area contributed by atoms with Gasteiger partial charge in [0.15, 0.2) is 0 Å². The van der Waals surface area contributed by atoms with E-state index < -0.39 is 5.60 Å². The molecule has 1 saturated carbocycles. The van der Waals surface area contributed by atoms with Gasteiger partial charge in [-0.2, -0.15) is 0 Å². The third-order valence-electron chi connectivity index (χ3n) is 4.38. The van der Waals surface area contributed by atoms with Crippen molar-refractivity contribution in [3.05, 3.63) is 0 Å². The first-order valence-corrected chi connectivity index (χ1v) is 8.28. The highest BCUT2D eigenvalue weighted by atomic mass is 16.6. The van der Waals surface area contributed by atoms with Crippen LogP contribution in [-0.4, -0.2) is 40.9 Å². The summed E-state index contributed by atoms with van der Waals surface area (Å²) < 4.78 is 5.28. The Balaban J connectivity index is 1.68. The van der Waals surface area contributed by atoms with Crippen LogP contribution in [0.15, 0.2) is 0 Å². The molecule has 1 aliphatic carbocycles. The smallest absolute Gasteiger partial charge is 0.407 e. The summed E-state index contributed by atoms with van der Waals surface area (Å²) in [6.07, 6.45) is 5.52. The Bertz CT molecular complexity index is 351. The molecular formula is C16H31N3O2. The number of hydrazine groups is 1. The molecule has 0 radical (unpaired) electrons. The summed E-state index contributed by atoms with van der Waals surface area (Å²) >= 11 is 0. The first-order chi connectivity index (χ1) is 9.74. The number of carbonyl (C=O) groups excluding carboxylic acids is 1. The number of rotatable bonds is 3. The molecule has 2 N–H and O–H groups in total. The van der Waals surface area contributed by atoms with Crippen molar-refractivity contribution in [2.24, 2.45) is 0 Å². The summed E-state index contributed by atoms with van der Waals surface area (Å²) in [7, 11) is 0. The number of hydrogen-bond acceptors (Lipinski definition) is 4. The second-order valence-corrected chi connectivity index (χ2v) is 7.68. The second-order valence-electron chi connectivity index (χ2n) is 7.68. The highest BCUT2D eigenvalue weighted by Crippen LogP contribution is 2.25. The maximum atomic E-state index is 11.7. The molecule has 0 aromatic heterocycles. The van der Waals surface area contributed by atoms with Crippen LogP contribution in [0.4, 0.5) is 4.79 Å². The van der Waals surface area contributed by atoms with Gasteiger partial charge in [0.1, 0.15) is 5.60 Å². The molecule has 1 saturated heterocycles. The zero-order chi connectivity index (χ0) is 15.6. The molecule has 1 amide bonds. The molecule has 0 aromatic rings. The van der Waals surface area contributed by atoms with Crippen LogP contribution in [0.1, 0.15) is 66.7 Å². The fraction of sp³-hybridized carbons (Fsp3) is 0.938. The van der Waals surface area contributed by atoms with E-state index in [4.69, 9.17) is 4.74 Å². The van der Waals surface area contributed by atoms with E-state index in [0.717, 1.165) is 12.8 Å². The monoisotopic (exact) mass is 297 g/mol. The zero-order valence-electron chi connectivity index (χ0n) is 14.1. The van der Waals surface area contributed by atoms with E-state index in [2.05, 4.69) is 29.6 Å². The number of ether oxygens (including phenoxy) is 1. The molecule has 2 fully saturated rings. The second kappa shape index (κ2) is 6.53. The Morgan fingerprint density at radius 2 is 1.67 bits per heavy atom. The Labute approximate surface area is 128 Å². The van der Waals surface area contributed by atoms with Gasteiger partial charge < -0.3 is 10.1 Å². The highest BCUT2D eigenvalue weighted by molar-refractivity contribution is 5.68. The molecule has 0 bridgehead atoms. The van der Waals surface area contributed by atoms with Crippen LogP contribution in [0, 0.1) is 0 Å². The van der Waals surface area contributed by atoms with Gasteiger partial charge in [0, 0.05) is 24.2 Å². The van der Waals surface area contributed by atoms with Gasteiger partial charge in [0.05, 0.1) is 0 Å². The van der Waals surface area contributed by atoms with Gasteiger partial charge in [-0.1, -0.05) is 6.42 Å². The Morgan fingerprint density at radius 1 is 1.10 bits per heavy atom. The van der Waals surface area contributed by atoms with Crippen LogP contribution in [0.3, 0.4) is 0 Å². The maximum Gasteiger partial charge on any atom is 0.407 e. The quantitative estimate of drug-likeness (QED) is 0.841. The van der Waals surface area contributed by atoms with Gasteiger partial charge in [-0.15, -0.1) is 0 Å². The molecule has 122 valence electrons. The molecule has 0 spiro atoms. The number of carbonyl (C=O) groups is 1. The average Bonchev–Trinajstić information content (AvgIpc) is 2.27. The van der Waals surface area contributed by atoms with Crippen molar-refractivity contribution < 1.29 is 9.53 Å². The molecule has 5 heteroatoms. The van der Waals surface area contributed by atoms with Crippen molar-refractivity contribution in [3.8, 4) is 0 Å². The van der Waals surface area contributed by atoms with Gasteiger partial charge in [0.25, 0.3) is 0 Å². The van der Waals surface area contributed by atoms with E-state index in [1.807, 2.05) is 20.8 Å². The minimum absolute atomic E-state index is 0.243. The number of alkyl carbamates (subject to hydrolysis) is 1. The van der Waals surface area contributed by atoms with Crippen molar-refractivity contribution in [1.29, 1.82) is 0 Å². The number of nitrogens with one attached hydrogen (secondary N) is 2. The topological polar surface area (TPSA) is 53.6 Å². The van der Waals surface area contributed by atoms with Crippen LogP contribution in [0.25, 0.3) is 0 Å². The average molecular weight is 297 g/mol. The van der Waals surface area contributed by atoms with Crippen molar-refractivity contribution in [2.75, 3.05) is 0 Å². The van der Waals surface area contributed by atoms with Crippen LogP contribution in [0.2, 0.25) is 0 Å². The molecule has 2 rings (SSSR count). The molecule has 5 nitrogen and oxygen atoms in total. The summed E-state index contributed by atoms with van der Waals surface area (Å²) in [5, 5.41) is 5.36. The zero-order valence-corrected chi connectivity index (χ0v) is 14.1. The Kier molecular flexibility index (Phi) is 5.15. The van der Waals surface area contributed by atoms with Crippen LogP contribution >= 0.6 is 0 Å². The molecule has 1 heterocycles. The molecule has 0 aromatic carbocycles. The van der Waals surface area contributed by atoms with E-state index in [1.54, 1.807) is 0 Å². The number of hydrogen-bond donors (Lipinski definition) is 2. The fourth-order valence-electron chi connectivity index (χ4n) is 3.20. The minimum Gasteiger partial charge on any atom is -0.444 e. The van der Waals surface area contributed by atoms with Gasteiger partial charge in [-0.25, -0.2) is 9.80 Å². The number of amides is 1. The lowest BCUT2D eigenvalue weighted by molar-refractivity contribution is 0.00482. The summed E-state index contributed by atoms with van der Waals surface area (Å²) in [6, 6.07) is 1.93. The molecular weight excluding hydrogens is 266 g/mol. The standard InChI is InChI=1S/C16H31N3O2/c1-11-7-6-8-12(2)19(11)18-14-9-13(10-14)17-15(20)21-16(3,4)5/h11-14,18H,6-10H2,1-5H3,(H,17,20). The first kappa shape index (κ1) is 16.6. The lowest BCUT2D eigenvalue weighted by Gasteiger charge is -2.45. The summed E-state index contributed by atoms with van der Waals surface area (Å²) in [4.78, 5) is 11.7. The van der Waals surface area contributed by atoms with E-state index >= 15 is 0 Å². The summed E-state index contributed by atoms with van der Waals surface area (Å²) in [6.45, 7) is 10.2. The predicted octanol–water partition coefficient (Wildman–Crippen LogP) is 2.81. The summed E-state index contributed by atoms with van der Waals surface area (Å²) in [5.41, 5.74) is 3.22. The normalized spacial score (nSPS) is 34.1. The molecule has 21 heavy (non-hydrogen) atoms. The lowest BCUT2D eigenvalue weighted by atomic mass is 9.87. The van der Waals surface area contributed by atoms with E-state index in [1.165, 1.54) is 19.3 Å². The van der Waals surface area contributed by atoms with Crippen LogP contribution in [-0.2, 0) is 4.74 Å². The number of nitrogens with zero attached hydrogens (tertiary/aromatic N) is 1. The minimum atomic E-state index is -0.426. The van der Waals surface area contributed by atoms with E-state index in [-0.39, 0.29) is 12.1 Å². The van der Waals surface area contributed by atoms with Crippen LogP contribution in [0.5, 0.6) is 0 Å². The number of piperidine rings is 1.